The Morgan fingerprint density at radius 3 is 2.41 bits per heavy atom. The van der Waals surface area contributed by atoms with Gasteiger partial charge in [-0.2, -0.15) is 0 Å². The lowest BCUT2D eigenvalue weighted by atomic mass is 10.0. The number of thiophene rings is 1. The molecule has 17 heavy (non-hydrogen) atoms. The van der Waals surface area contributed by atoms with Gasteiger partial charge in [0.05, 0.1) is 5.38 Å². The molecule has 0 aliphatic carbocycles. The summed E-state index contributed by atoms with van der Waals surface area (Å²) in [5, 5.41) is 2.06. The zero-order valence-electron chi connectivity index (χ0n) is 10.1. The molecule has 0 aliphatic rings. The summed E-state index contributed by atoms with van der Waals surface area (Å²) >= 11 is 11.9. The van der Waals surface area contributed by atoms with Gasteiger partial charge in [-0.25, -0.2) is 0 Å². The monoisotopic (exact) mass is 328 g/mol. The van der Waals surface area contributed by atoms with Gasteiger partial charge in [0.1, 0.15) is 0 Å². The molecule has 0 aliphatic heterocycles. The third-order valence-corrected chi connectivity index (χ3v) is 5.47. The van der Waals surface area contributed by atoms with Crippen LogP contribution in [0.1, 0.15) is 32.5 Å². The van der Waals surface area contributed by atoms with Crippen LogP contribution >= 0.6 is 38.9 Å². The van der Waals surface area contributed by atoms with E-state index in [0.717, 1.165) is 4.47 Å². The highest BCUT2D eigenvalue weighted by Crippen LogP contribution is 2.37. The maximum Gasteiger partial charge on any atom is 0.0933 e. The molecule has 0 spiro atoms. The molecule has 2 aromatic rings. The second-order valence-corrected chi connectivity index (χ2v) is 6.53. The molecule has 0 saturated carbocycles. The summed E-state index contributed by atoms with van der Waals surface area (Å²) in [7, 11) is 0. The Kier molecular flexibility index (Phi) is 3.96. The molecule has 0 fully saturated rings. The molecule has 0 radical (unpaired) electrons. The van der Waals surface area contributed by atoms with E-state index in [-0.39, 0.29) is 5.38 Å². The molecular formula is C14H14BrClS. The molecule has 0 N–H and O–H groups in total. The Bertz CT molecular complexity index is 545. The minimum Gasteiger partial charge on any atom is -0.147 e. The minimum atomic E-state index is -0.0400. The van der Waals surface area contributed by atoms with E-state index in [0.29, 0.717) is 0 Å². The molecule has 0 bridgehead atoms. The summed E-state index contributed by atoms with van der Waals surface area (Å²) in [5.41, 5.74) is 4.94. The van der Waals surface area contributed by atoms with Crippen molar-refractivity contribution in [3.63, 3.8) is 0 Å². The number of halogens is 2. The Morgan fingerprint density at radius 1 is 1.12 bits per heavy atom. The SMILES string of the molecule is Cc1cc(C(Cl)c2sccc2C)c(C)cc1Br. The van der Waals surface area contributed by atoms with Crippen molar-refractivity contribution in [2.24, 2.45) is 0 Å². The molecule has 1 heterocycles. The van der Waals surface area contributed by atoms with Gasteiger partial charge in [-0.3, -0.25) is 0 Å². The largest absolute Gasteiger partial charge is 0.147 e. The Hall–Kier alpha value is -0.310. The van der Waals surface area contributed by atoms with Gasteiger partial charge in [-0.05, 0) is 60.5 Å². The lowest BCUT2D eigenvalue weighted by Gasteiger charge is -2.14. The number of benzene rings is 1. The number of hydrogen-bond acceptors (Lipinski definition) is 1. The quantitative estimate of drug-likeness (QED) is 0.614. The average molecular weight is 330 g/mol. The fourth-order valence-corrected chi connectivity index (χ4v) is 3.80. The van der Waals surface area contributed by atoms with E-state index < -0.39 is 0 Å². The van der Waals surface area contributed by atoms with Crippen LogP contribution in [-0.2, 0) is 0 Å². The van der Waals surface area contributed by atoms with E-state index in [1.807, 2.05) is 0 Å². The minimum absolute atomic E-state index is 0.0400. The van der Waals surface area contributed by atoms with Crippen LogP contribution in [0.25, 0.3) is 0 Å². The van der Waals surface area contributed by atoms with Gasteiger partial charge in [0.2, 0.25) is 0 Å². The van der Waals surface area contributed by atoms with Crippen molar-refractivity contribution in [2.45, 2.75) is 26.1 Å². The van der Waals surface area contributed by atoms with Gasteiger partial charge in [-0.1, -0.05) is 22.0 Å². The zero-order valence-corrected chi connectivity index (χ0v) is 13.2. The number of rotatable bonds is 2. The molecule has 3 heteroatoms. The van der Waals surface area contributed by atoms with Gasteiger partial charge in [0.25, 0.3) is 0 Å². The molecule has 2 rings (SSSR count). The summed E-state index contributed by atoms with van der Waals surface area (Å²) in [6.07, 6.45) is 0. The van der Waals surface area contributed by atoms with Crippen molar-refractivity contribution < 1.29 is 0 Å². The van der Waals surface area contributed by atoms with Crippen molar-refractivity contribution >= 4 is 38.9 Å². The van der Waals surface area contributed by atoms with Crippen molar-refractivity contribution in [1.29, 1.82) is 0 Å². The van der Waals surface area contributed by atoms with Crippen LogP contribution in [0, 0.1) is 20.8 Å². The Labute approximate surface area is 120 Å². The molecule has 0 nitrogen and oxygen atoms in total. The normalized spacial score (nSPS) is 12.8. The fourth-order valence-electron chi connectivity index (χ4n) is 1.86. The number of hydrogen-bond donors (Lipinski definition) is 0. The molecule has 0 amide bonds. The van der Waals surface area contributed by atoms with Gasteiger partial charge < -0.3 is 0 Å². The topological polar surface area (TPSA) is 0 Å². The maximum atomic E-state index is 6.60. The molecule has 1 unspecified atom stereocenters. The van der Waals surface area contributed by atoms with Gasteiger partial charge in [-0.15, -0.1) is 22.9 Å². The third kappa shape index (κ3) is 2.59. The summed E-state index contributed by atoms with van der Waals surface area (Å²) in [5.74, 6) is 0. The standard InChI is InChI=1S/C14H14BrClS/c1-8-4-5-17-14(8)13(16)11-6-10(3)12(15)7-9(11)2/h4-7,13H,1-3H3. The molecule has 1 aromatic carbocycles. The smallest absolute Gasteiger partial charge is 0.0933 e. The van der Waals surface area contributed by atoms with Gasteiger partial charge in [0.15, 0.2) is 0 Å². The highest BCUT2D eigenvalue weighted by molar-refractivity contribution is 9.10. The van der Waals surface area contributed by atoms with Crippen LogP contribution in [0.5, 0.6) is 0 Å². The maximum absolute atomic E-state index is 6.60. The lowest BCUT2D eigenvalue weighted by molar-refractivity contribution is 1.11. The molecule has 1 aromatic heterocycles. The first-order chi connectivity index (χ1) is 8.00. The van der Waals surface area contributed by atoms with E-state index in [4.69, 9.17) is 11.6 Å². The second-order valence-electron chi connectivity index (χ2n) is 4.29. The first kappa shape index (κ1) is 13.1. The van der Waals surface area contributed by atoms with Crippen molar-refractivity contribution in [2.75, 3.05) is 0 Å². The van der Waals surface area contributed by atoms with E-state index in [1.54, 1.807) is 11.3 Å². The van der Waals surface area contributed by atoms with Crippen LogP contribution in [0.3, 0.4) is 0 Å². The van der Waals surface area contributed by atoms with E-state index in [9.17, 15) is 0 Å². The van der Waals surface area contributed by atoms with Gasteiger partial charge in [0, 0.05) is 9.35 Å². The van der Waals surface area contributed by atoms with Crippen LogP contribution in [-0.4, -0.2) is 0 Å². The summed E-state index contributed by atoms with van der Waals surface area (Å²) < 4.78 is 1.14. The van der Waals surface area contributed by atoms with Gasteiger partial charge >= 0.3 is 0 Å². The molecule has 1 atom stereocenters. The van der Waals surface area contributed by atoms with Crippen LogP contribution in [0.2, 0.25) is 0 Å². The number of aryl methyl sites for hydroxylation is 3. The van der Waals surface area contributed by atoms with Crippen molar-refractivity contribution in [3.8, 4) is 0 Å². The zero-order chi connectivity index (χ0) is 12.6. The van der Waals surface area contributed by atoms with Crippen LogP contribution in [0.4, 0.5) is 0 Å². The highest BCUT2D eigenvalue weighted by Gasteiger charge is 2.17. The predicted octanol–water partition coefficient (Wildman–Crippen LogP) is 5.76. The summed E-state index contributed by atoms with van der Waals surface area (Å²) in [4.78, 5) is 1.25. The first-order valence-corrected chi connectivity index (χ1v) is 7.56. The van der Waals surface area contributed by atoms with Crippen molar-refractivity contribution in [3.05, 3.63) is 55.2 Å². The van der Waals surface area contributed by atoms with E-state index in [2.05, 4.69) is 60.3 Å². The Morgan fingerprint density at radius 2 is 1.82 bits per heavy atom. The molecule has 0 saturated heterocycles. The lowest BCUT2D eigenvalue weighted by Crippen LogP contribution is -1.97. The summed E-state index contributed by atoms with van der Waals surface area (Å²) in [6, 6.07) is 6.44. The highest BCUT2D eigenvalue weighted by atomic mass is 79.9. The van der Waals surface area contributed by atoms with Crippen LogP contribution in [0.15, 0.2) is 28.1 Å². The van der Waals surface area contributed by atoms with E-state index in [1.165, 1.54) is 27.1 Å². The van der Waals surface area contributed by atoms with Crippen LogP contribution < -0.4 is 0 Å². The summed E-state index contributed by atoms with van der Waals surface area (Å²) in [6.45, 7) is 6.32. The fraction of sp³-hybridized carbons (Fsp3) is 0.286. The third-order valence-electron chi connectivity index (χ3n) is 2.95. The number of alkyl halides is 1. The average Bonchev–Trinajstić information content (AvgIpc) is 2.69. The second kappa shape index (κ2) is 5.13. The molecular weight excluding hydrogens is 316 g/mol. The molecule has 90 valence electrons. The predicted molar refractivity (Wildman–Crippen MR) is 80.4 cm³/mol. The Balaban J connectivity index is 2.48. The van der Waals surface area contributed by atoms with E-state index >= 15 is 0 Å². The first-order valence-electron chi connectivity index (χ1n) is 5.45. The van der Waals surface area contributed by atoms with Crippen molar-refractivity contribution in [1.82, 2.24) is 0 Å².